The lowest BCUT2D eigenvalue weighted by molar-refractivity contribution is 0.0857. The van der Waals surface area contributed by atoms with Crippen molar-refractivity contribution >= 4 is 16.7 Å². The molecule has 3 rings (SSSR count). The minimum absolute atomic E-state index is 0.221. The Morgan fingerprint density at radius 2 is 2.28 bits per heavy atom. The van der Waals surface area contributed by atoms with Gasteiger partial charge in [-0.2, -0.15) is 0 Å². The fourth-order valence-corrected chi connectivity index (χ4v) is 2.51. The Labute approximate surface area is 106 Å². The second kappa shape index (κ2) is 4.48. The number of ether oxygens (including phenoxy) is 1. The number of aromatic nitrogens is 1. The largest absolute Gasteiger partial charge is 0.493 e. The first-order chi connectivity index (χ1) is 8.81. The maximum atomic E-state index is 12.4. The van der Waals surface area contributed by atoms with E-state index in [0.717, 1.165) is 35.1 Å². The first-order valence-corrected chi connectivity index (χ1v) is 6.58. The molecule has 0 amide bonds. The SMILES string of the molecule is CCOc1cccc2[nH]cc(C(=O)C3CCC3)c12. The molecule has 18 heavy (non-hydrogen) atoms. The minimum atomic E-state index is 0.221. The molecular formula is C15H17NO2. The van der Waals surface area contributed by atoms with Gasteiger partial charge in [0.15, 0.2) is 5.78 Å². The lowest BCUT2D eigenvalue weighted by Crippen LogP contribution is -2.21. The van der Waals surface area contributed by atoms with Crippen LogP contribution < -0.4 is 4.74 Å². The van der Waals surface area contributed by atoms with E-state index in [4.69, 9.17) is 4.74 Å². The molecule has 1 aromatic heterocycles. The number of aromatic amines is 1. The van der Waals surface area contributed by atoms with E-state index in [2.05, 4.69) is 4.98 Å². The number of carbonyl (C=O) groups is 1. The van der Waals surface area contributed by atoms with E-state index in [0.29, 0.717) is 6.61 Å². The number of fused-ring (bicyclic) bond motifs is 1. The Bertz CT molecular complexity index is 581. The Morgan fingerprint density at radius 3 is 2.94 bits per heavy atom. The highest BCUT2D eigenvalue weighted by atomic mass is 16.5. The average Bonchev–Trinajstić information content (AvgIpc) is 2.71. The maximum Gasteiger partial charge on any atom is 0.168 e. The van der Waals surface area contributed by atoms with Crippen molar-refractivity contribution in [2.45, 2.75) is 26.2 Å². The van der Waals surface area contributed by atoms with Crippen LogP contribution in [0.2, 0.25) is 0 Å². The van der Waals surface area contributed by atoms with Crippen LogP contribution in [0.4, 0.5) is 0 Å². The van der Waals surface area contributed by atoms with Gasteiger partial charge < -0.3 is 9.72 Å². The normalized spacial score (nSPS) is 15.6. The zero-order valence-electron chi connectivity index (χ0n) is 10.5. The van der Waals surface area contributed by atoms with Crippen molar-refractivity contribution < 1.29 is 9.53 Å². The van der Waals surface area contributed by atoms with Gasteiger partial charge in [-0.3, -0.25) is 4.79 Å². The average molecular weight is 243 g/mol. The third-order valence-corrected chi connectivity index (χ3v) is 3.71. The molecule has 0 atom stereocenters. The molecule has 1 aliphatic carbocycles. The predicted octanol–water partition coefficient (Wildman–Crippen LogP) is 3.55. The molecule has 0 bridgehead atoms. The summed E-state index contributed by atoms with van der Waals surface area (Å²) < 4.78 is 5.63. The first-order valence-electron chi connectivity index (χ1n) is 6.58. The smallest absolute Gasteiger partial charge is 0.168 e. The summed E-state index contributed by atoms with van der Waals surface area (Å²) >= 11 is 0. The Kier molecular flexibility index (Phi) is 2.82. The fourth-order valence-electron chi connectivity index (χ4n) is 2.51. The molecule has 94 valence electrons. The van der Waals surface area contributed by atoms with Crippen molar-refractivity contribution in [3.63, 3.8) is 0 Å². The van der Waals surface area contributed by atoms with E-state index < -0.39 is 0 Å². The molecule has 0 saturated heterocycles. The first kappa shape index (κ1) is 11.3. The summed E-state index contributed by atoms with van der Waals surface area (Å²) in [6, 6.07) is 5.86. The second-order valence-corrected chi connectivity index (χ2v) is 4.81. The number of carbonyl (C=O) groups excluding carboxylic acids is 1. The molecule has 0 radical (unpaired) electrons. The lowest BCUT2D eigenvalue weighted by atomic mass is 9.80. The van der Waals surface area contributed by atoms with Crippen molar-refractivity contribution in [2.75, 3.05) is 6.61 Å². The van der Waals surface area contributed by atoms with Crippen molar-refractivity contribution in [1.82, 2.24) is 4.98 Å². The summed E-state index contributed by atoms with van der Waals surface area (Å²) in [4.78, 5) is 15.6. The van der Waals surface area contributed by atoms with E-state index in [1.54, 1.807) is 0 Å². The summed E-state index contributed by atoms with van der Waals surface area (Å²) in [6.07, 6.45) is 5.07. The molecule has 0 spiro atoms. The van der Waals surface area contributed by atoms with Gasteiger partial charge in [0.05, 0.1) is 12.0 Å². The topological polar surface area (TPSA) is 42.1 Å². The molecule has 1 fully saturated rings. The molecule has 3 nitrogen and oxygen atoms in total. The van der Waals surface area contributed by atoms with E-state index in [1.165, 1.54) is 6.42 Å². The number of Topliss-reactive ketones (excluding diaryl/α,β-unsaturated/α-hetero) is 1. The zero-order chi connectivity index (χ0) is 12.5. The van der Waals surface area contributed by atoms with Crippen LogP contribution in [0.25, 0.3) is 10.9 Å². The van der Waals surface area contributed by atoms with Crippen LogP contribution in [0.1, 0.15) is 36.5 Å². The predicted molar refractivity (Wildman–Crippen MR) is 71.1 cm³/mol. The fraction of sp³-hybridized carbons (Fsp3) is 0.400. The number of hydrogen-bond acceptors (Lipinski definition) is 2. The second-order valence-electron chi connectivity index (χ2n) is 4.81. The van der Waals surface area contributed by atoms with Crippen molar-refractivity contribution in [3.8, 4) is 5.75 Å². The molecule has 2 aromatic rings. The van der Waals surface area contributed by atoms with Crippen molar-refractivity contribution in [2.24, 2.45) is 5.92 Å². The van der Waals surface area contributed by atoms with E-state index in [9.17, 15) is 4.79 Å². The number of ketones is 1. The van der Waals surface area contributed by atoms with E-state index >= 15 is 0 Å². The summed E-state index contributed by atoms with van der Waals surface area (Å²) in [6.45, 7) is 2.57. The van der Waals surface area contributed by atoms with Gasteiger partial charge in [0.25, 0.3) is 0 Å². The Morgan fingerprint density at radius 1 is 1.44 bits per heavy atom. The molecular weight excluding hydrogens is 226 g/mol. The van der Waals surface area contributed by atoms with Crippen LogP contribution in [-0.2, 0) is 0 Å². The van der Waals surface area contributed by atoms with Crippen molar-refractivity contribution in [1.29, 1.82) is 0 Å². The van der Waals surface area contributed by atoms with E-state index in [1.807, 2.05) is 31.3 Å². The number of nitrogens with one attached hydrogen (secondary N) is 1. The molecule has 1 N–H and O–H groups in total. The van der Waals surface area contributed by atoms with Crippen LogP contribution in [0.5, 0.6) is 5.75 Å². The van der Waals surface area contributed by atoms with Gasteiger partial charge in [-0.25, -0.2) is 0 Å². The highest BCUT2D eigenvalue weighted by Crippen LogP contribution is 2.35. The Balaban J connectivity index is 2.08. The zero-order valence-corrected chi connectivity index (χ0v) is 10.5. The lowest BCUT2D eigenvalue weighted by Gasteiger charge is -2.23. The van der Waals surface area contributed by atoms with Gasteiger partial charge in [-0.15, -0.1) is 0 Å². The standard InChI is InChI=1S/C15H17NO2/c1-2-18-13-8-4-7-12-14(13)11(9-16-12)15(17)10-5-3-6-10/h4,7-10,16H,2-3,5-6H2,1H3. The molecule has 1 aliphatic rings. The summed E-state index contributed by atoms with van der Waals surface area (Å²) in [7, 11) is 0. The van der Waals surface area contributed by atoms with Crippen LogP contribution >= 0.6 is 0 Å². The number of rotatable bonds is 4. The molecule has 0 aliphatic heterocycles. The molecule has 1 heterocycles. The summed E-state index contributed by atoms with van der Waals surface area (Å²) in [5.41, 5.74) is 1.77. The van der Waals surface area contributed by atoms with Crippen LogP contribution in [0.15, 0.2) is 24.4 Å². The Hall–Kier alpha value is -1.77. The third-order valence-electron chi connectivity index (χ3n) is 3.71. The summed E-state index contributed by atoms with van der Waals surface area (Å²) in [5.74, 6) is 1.29. The van der Waals surface area contributed by atoms with Gasteiger partial charge in [-0.1, -0.05) is 12.5 Å². The molecule has 3 heteroatoms. The van der Waals surface area contributed by atoms with Gasteiger partial charge in [0.1, 0.15) is 5.75 Å². The van der Waals surface area contributed by atoms with Gasteiger partial charge >= 0.3 is 0 Å². The molecule has 1 aromatic carbocycles. The monoisotopic (exact) mass is 243 g/mol. The quantitative estimate of drug-likeness (QED) is 0.834. The van der Waals surface area contributed by atoms with Crippen molar-refractivity contribution in [3.05, 3.63) is 30.0 Å². The number of H-pyrrole nitrogens is 1. The van der Waals surface area contributed by atoms with Gasteiger partial charge in [0, 0.05) is 23.2 Å². The number of hydrogen-bond donors (Lipinski definition) is 1. The minimum Gasteiger partial charge on any atom is -0.493 e. The van der Waals surface area contributed by atoms with E-state index in [-0.39, 0.29) is 11.7 Å². The number of benzene rings is 1. The van der Waals surface area contributed by atoms with Gasteiger partial charge in [-0.05, 0) is 31.9 Å². The third kappa shape index (κ3) is 1.70. The summed E-state index contributed by atoms with van der Waals surface area (Å²) in [5, 5.41) is 0.941. The van der Waals surface area contributed by atoms with Crippen LogP contribution in [0, 0.1) is 5.92 Å². The highest BCUT2D eigenvalue weighted by Gasteiger charge is 2.28. The van der Waals surface area contributed by atoms with Crippen LogP contribution in [0.3, 0.4) is 0 Å². The molecule has 1 saturated carbocycles. The van der Waals surface area contributed by atoms with Gasteiger partial charge in [0.2, 0.25) is 0 Å². The van der Waals surface area contributed by atoms with Crippen LogP contribution in [-0.4, -0.2) is 17.4 Å². The maximum absolute atomic E-state index is 12.4. The molecule has 0 unspecified atom stereocenters. The highest BCUT2D eigenvalue weighted by molar-refractivity contribution is 6.11.